The smallest absolute Gasteiger partial charge is 0.273 e. The van der Waals surface area contributed by atoms with E-state index in [0.717, 1.165) is 25.7 Å². The van der Waals surface area contributed by atoms with Crippen LogP contribution in [-0.2, 0) is 4.79 Å². The number of rotatable bonds is 3. The third-order valence-electron chi connectivity index (χ3n) is 3.61. The average Bonchev–Trinajstić information content (AvgIpc) is 2.39. The predicted octanol–water partition coefficient (Wildman–Crippen LogP) is 2.10. The Labute approximate surface area is 111 Å². The number of hydrogen-bond donors (Lipinski definition) is 1. The standard InChI is InChI=1S/C14H17FN2O2/c1-9(18)10-4-6-11(7-5-10)17-14(19)13-12(15)3-2-8-16-13/h2-3,8,10-11H,4-7H2,1H3,(H,17,19)/t10-,11-. The van der Waals surface area contributed by atoms with Crippen molar-refractivity contribution in [2.75, 3.05) is 0 Å². The number of amides is 1. The first-order valence-corrected chi connectivity index (χ1v) is 6.49. The highest BCUT2D eigenvalue weighted by Gasteiger charge is 2.25. The van der Waals surface area contributed by atoms with E-state index < -0.39 is 11.7 Å². The van der Waals surface area contributed by atoms with Crippen molar-refractivity contribution >= 4 is 11.7 Å². The molecule has 1 fully saturated rings. The number of ketones is 1. The maximum atomic E-state index is 13.4. The van der Waals surface area contributed by atoms with Crippen LogP contribution in [0.15, 0.2) is 18.3 Å². The summed E-state index contributed by atoms with van der Waals surface area (Å²) in [5.41, 5.74) is -0.170. The Balaban J connectivity index is 1.91. The molecule has 1 aliphatic rings. The fourth-order valence-corrected chi connectivity index (χ4v) is 2.45. The maximum absolute atomic E-state index is 13.4. The molecule has 1 amide bonds. The van der Waals surface area contributed by atoms with Gasteiger partial charge >= 0.3 is 0 Å². The maximum Gasteiger partial charge on any atom is 0.273 e. The lowest BCUT2D eigenvalue weighted by Crippen LogP contribution is -2.39. The number of halogens is 1. The predicted molar refractivity (Wildman–Crippen MR) is 68.1 cm³/mol. The number of nitrogens with one attached hydrogen (secondary N) is 1. The molecule has 1 aliphatic carbocycles. The van der Waals surface area contributed by atoms with Crippen LogP contribution in [0.1, 0.15) is 43.1 Å². The molecule has 1 aromatic rings. The summed E-state index contributed by atoms with van der Waals surface area (Å²) in [6.45, 7) is 1.60. The van der Waals surface area contributed by atoms with Crippen LogP contribution in [0.2, 0.25) is 0 Å². The minimum absolute atomic E-state index is 0.00417. The van der Waals surface area contributed by atoms with E-state index in [1.807, 2.05) is 0 Å². The molecule has 0 bridgehead atoms. The number of carbonyl (C=O) groups excluding carboxylic acids is 2. The van der Waals surface area contributed by atoms with Crippen LogP contribution in [-0.4, -0.2) is 22.7 Å². The van der Waals surface area contributed by atoms with Crippen molar-refractivity contribution in [3.63, 3.8) is 0 Å². The molecule has 0 unspecified atom stereocenters. The molecule has 1 aromatic heterocycles. The van der Waals surface area contributed by atoms with Gasteiger partial charge in [-0.3, -0.25) is 9.59 Å². The Morgan fingerprint density at radius 3 is 2.58 bits per heavy atom. The van der Waals surface area contributed by atoms with Crippen molar-refractivity contribution in [2.45, 2.75) is 38.6 Å². The monoisotopic (exact) mass is 264 g/mol. The van der Waals surface area contributed by atoms with E-state index in [-0.39, 0.29) is 23.4 Å². The van der Waals surface area contributed by atoms with Crippen LogP contribution in [0.3, 0.4) is 0 Å². The first-order valence-electron chi connectivity index (χ1n) is 6.49. The van der Waals surface area contributed by atoms with Gasteiger partial charge in [0.2, 0.25) is 0 Å². The molecular weight excluding hydrogens is 247 g/mol. The Kier molecular flexibility index (Phi) is 4.24. The largest absolute Gasteiger partial charge is 0.348 e. The molecule has 1 N–H and O–H groups in total. The molecule has 0 radical (unpaired) electrons. The summed E-state index contributed by atoms with van der Waals surface area (Å²) in [5, 5.41) is 2.78. The lowest BCUT2D eigenvalue weighted by molar-refractivity contribution is -0.121. The summed E-state index contributed by atoms with van der Waals surface area (Å²) in [6, 6.07) is 2.67. The van der Waals surface area contributed by atoms with E-state index in [9.17, 15) is 14.0 Å². The number of Topliss-reactive ketones (excluding diaryl/α,β-unsaturated/α-hetero) is 1. The minimum Gasteiger partial charge on any atom is -0.348 e. The van der Waals surface area contributed by atoms with Gasteiger partial charge in [0, 0.05) is 18.2 Å². The lowest BCUT2D eigenvalue weighted by Gasteiger charge is -2.27. The summed E-state index contributed by atoms with van der Waals surface area (Å²) < 4.78 is 13.4. The molecule has 0 spiro atoms. The molecule has 102 valence electrons. The van der Waals surface area contributed by atoms with E-state index in [4.69, 9.17) is 0 Å². The van der Waals surface area contributed by atoms with Gasteiger partial charge < -0.3 is 5.32 Å². The molecule has 0 saturated heterocycles. The third-order valence-corrected chi connectivity index (χ3v) is 3.61. The number of carbonyl (C=O) groups is 2. The van der Waals surface area contributed by atoms with Gasteiger partial charge in [0.1, 0.15) is 5.78 Å². The summed E-state index contributed by atoms with van der Waals surface area (Å²) >= 11 is 0. The normalized spacial score (nSPS) is 22.8. The third kappa shape index (κ3) is 3.36. The van der Waals surface area contributed by atoms with Gasteiger partial charge in [-0.2, -0.15) is 0 Å². The van der Waals surface area contributed by atoms with E-state index >= 15 is 0 Å². The van der Waals surface area contributed by atoms with Crippen molar-refractivity contribution in [2.24, 2.45) is 5.92 Å². The van der Waals surface area contributed by atoms with Gasteiger partial charge in [0.15, 0.2) is 11.5 Å². The van der Waals surface area contributed by atoms with E-state index in [1.54, 1.807) is 6.92 Å². The van der Waals surface area contributed by atoms with E-state index in [0.29, 0.717) is 0 Å². The highest BCUT2D eigenvalue weighted by Crippen LogP contribution is 2.25. The topological polar surface area (TPSA) is 59.1 Å². The summed E-state index contributed by atoms with van der Waals surface area (Å²) in [5.74, 6) is -0.776. The SMILES string of the molecule is CC(=O)[C@H]1CC[C@H](NC(=O)c2ncccc2F)CC1. The zero-order valence-electron chi connectivity index (χ0n) is 10.9. The van der Waals surface area contributed by atoms with Crippen molar-refractivity contribution in [1.82, 2.24) is 10.3 Å². The molecule has 1 saturated carbocycles. The van der Waals surface area contributed by atoms with Crippen molar-refractivity contribution in [3.05, 3.63) is 29.8 Å². The van der Waals surface area contributed by atoms with Crippen LogP contribution in [0.4, 0.5) is 4.39 Å². The number of pyridine rings is 1. The van der Waals surface area contributed by atoms with Crippen LogP contribution >= 0.6 is 0 Å². The Hall–Kier alpha value is -1.78. The number of aromatic nitrogens is 1. The first-order chi connectivity index (χ1) is 9.08. The Morgan fingerprint density at radius 1 is 1.32 bits per heavy atom. The van der Waals surface area contributed by atoms with Crippen LogP contribution in [0, 0.1) is 11.7 Å². The fourth-order valence-electron chi connectivity index (χ4n) is 2.45. The van der Waals surface area contributed by atoms with Crippen molar-refractivity contribution < 1.29 is 14.0 Å². The van der Waals surface area contributed by atoms with Crippen molar-refractivity contribution in [1.29, 1.82) is 0 Å². The molecule has 0 aromatic carbocycles. The highest BCUT2D eigenvalue weighted by atomic mass is 19.1. The second-order valence-corrected chi connectivity index (χ2v) is 4.97. The van der Waals surface area contributed by atoms with E-state index in [1.165, 1.54) is 18.3 Å². The van der Waals surface area contributed by atoms with Gasteiger partial charge in [0.25, 0.3) is 5.91 Å². The minimum atomic E-state index is -0.613. The molecule has 0 atom stereocenters. The zero-order chi connectivity index (χ0) is 13.8. The van der Waals surface area contributed by atoms with E-state index in [2.05, 4.69) is 10.3 Å². The number of hydrogen-bond acceptors (Lipinski definition) is 3. The quantitative estimate of drug-likeness (QED) is 0.909. The second-order valence-electron chi connectivity index (χ2n) is 4.97. The first kappa shape index (κ1) is 13.6. The average molecular weight is 264 g/mol. The summed E-state index contributed by atoms with van der Waals surface area (Å²) in [6.07, 6.45) is 4.47. The molecule has 2 rings (SSSR count). The molecular formula is C14H17FN2O2. The molecule has 4 nitrogen and oxygen atoms in total. The van der Waals surface area contributed by atoms with Gasteiger partial charge in [-0.25, -0.2) is 9.37 Å². The summed E-state index contributed by atoms with van der Waals surface area (Å²) in [7, 11) is 0. The van der Waals surface area contributed by atoms with Gasteiger partial charge in [0.05, 0.1) is 0 Å². The molecule has 5 heteroatoms. The van der Waals surface area contributed by atoms with Crippen LogP contribution in [0.25, 0.3) is 0 Å². The zero-order valence-corrected chi connectivity index (χ0v) is 10.9. The molecule has 19 heavy (non-hydrogen) atoms. The Morgan fingerprint density at radius 2 is 2.00 bits per heavy atom. The highest BCUT2D eigenvalue weighted by molar-refractivity contribution is 5.92. The second kappa shape index (κ2) is 5.91. The fraction of sp³-hybridized carbons (Fsp3) is 0.500. The lowest BCUT2D eigenvalue weighted by atomic mass is 9.84. The van der Waals surface area contributed by atoms with Crippen LogP contribution in [0.5, 0.6) is 0 Å². The molecule has 0 aliphatic heterocycles. The Bertz CT molecular complexity index is 482. The van der Waals surface area contributed by atoms with Gasteiger partial charge in [-0.15, -0.1) is 0 Å². The summed E-state index contributed by atoms with van der Waals surface area (Å²) in [4.78, 5) is 26.9. The molecule has 1 heterocycles. The van der Waals surface area contributed by atoms with Gasteiger partial charge in [-0.05, 0) is 44.7 Å². The van der Waals surface area contributed by atoms with Crippen molar-refractivity contribution in [3.8, 4) is 0 Å². The van der Waals surface area contributed by atoms with Gasteiger partial charge in [-0.1, -0.05) is 0 Å². The number of nitrogens with zero attached hydrogens (tertiary/aromatic N) is 1. The van der Waals surface area contributed by atoms with Crippen LogP contribution < -0.4 is 5.32 Å².